The third kappa shape index (κ3) is 5.73. The number of ether oxygens (including phenoxy) is 3. The summed E-state index contributed by atoms with van der Waals surface area (Å²) in [5.74, 6) is 0.768. The predicted molar refractivity (Wildman–Crippen MR) is 85.2 cm³/mol. The van der Waals surface area contributed by atoms with Crippen LogP contribution in [-0.4, -0.2) is 35.9 Å². The molecule has 1 aliphatic carbocycles. The van der Waals surface area contributed by atoms with Crippen LogP contribution >= 0.6 is 0 Å². The van der Waals surface area contributed by atoms with Crippen molar-refractivity contribution in [3.05, 3.63) is 29.8 Å². The zero-order valence-corrected chi connectivity index (χ0v) is 14.0. The van der Waals surface area contributed by atoms with Gasteiger partial charge in [-0.3, -0.25) is 0 Å². The van der Waals surface area contributed by atoms with Crippen LogP contribution in [0.15, 0.2) is 24.3 Å². The fourth-order valence-corrected chi connectivity index (χ4v) is 2.31. The van der Waals surface area contributed by atoms with E-state index < -0.39 is 12.1 Å². The molecule has 0 radical (unpaired) electrons. The molecule has 1 amide bonds. The average Bonchev–Trinajstić information content (AvgIpc) is 3.16. The first-order valence-corrected chi connectivity index (χ1v) is 7.84. The lowest BCUT2D eigenvalue weighted by Gasteiger charge is -2.24. The second kappa shape index (κ2) is 7.19. The van der Waals surface area contributed by atoms with Crippen LogP contribution in [0.25, 0.3) is 0 Å². The lowest BCUT2D eigenvalue weighted by atomic mass is 10.1. The van der Waals surface area contributed by atoms with Gasteiger partial charge in [0, 0.05) is 12.0 Å². The predicted octanol–water partition coefficient (Wildman–Crippen LogP) is 2.76. The molecular weight excluding hydrogens is 298 g/mol. The van der Waals surface area contributed by atoms with Gasteiger partial charge in [0.15, 0.2) is 0 Å². The monoisotopic (exact) mass is 323 g/mol. The summed E-state index contributed by atoms with van der Waals surface area (Å²) in [4.78, 5) is 11.4. The van der Waals surface area contributed by atoms with E-state index in [0.29, 0.717) is 12.4 Å². The largest absolute Gasteiger partial charge is 0.450 e. The molecule has 3 unspecified atom stereocenters. The van der Waals surface area contributed by atoms with Crippen LogP contribution in [0.1, 0.15) is 45.6 Å². The number of hydrogen-bond acceptors (Lipinski definition) is 5. The van der Waals surface area contributed by atoms with E-state index in [0.717, 1.165) is 12.0 Å². The smallest absolute Gasteiger partial charge is 0.407 e. The number of carbonyl (C=O) groups is 1. The number of benzene rings is 1. The molecule has 1 aliphatic rings. The summed E-state index contributed by atoms with van der Waals surface area (Å²) in [5, 5.41) is 12.6. The molecule has 23 heavy (non-hydrogen) atoms. The van der Waals surface area contributed by atoms with Crippen molar-refractivity contribution in [1.29, 1.82) is 0 Å². The lowest BCUT2D eigenvalue weighted by molar-refractivity contribution is -0.259. The molecule has 2 N–H and O–H groups in total. The van der Waals surface area contributed by atoms with E-state index in [9.17, 15) is 9.90 Å². The molecule has 0 saturated heterocycles. The molecule has 1 fully saturated rings. The van der Waals surface area contributed by atoms with Crippen molar-refractivity contribution in [3.63, 3.8) is 0 Å². The van der Waals surface area contributed by atoms with E-state index in [1.165, 1.54) is 0 Å². The van der Waals surface area contributed by atoms with Gasteiger partial charge in [0.2, 0.25) is 0 Å². The molecule has 0 aromatic heterocycles. The second-order valence-electron chi connectivity index (χ2n) is 6.54. The minimum atomic E-state index is -1.32. The summed E-state index contributed by atoms with van der Waals surface area (Å²) in [6.45, 7) is 6.33. The number of aliphatic hydroxyl groups is 1. The molecular formula is C17H25NO5. The first kappa shape index (κ1) is 17.6. The highest BCUT2D eigenvalue weighted by molar-refractivity contribution is 5.68. The van der Waals surface area contributed by atoms with Gasteiger partial charge >= 0.3 is 12.6 Å². The van der Waals surface area contributed by atoms with Crippen molar-refractivity contribution in [2.45, 2.75) is 58.2 Å². The van der Waals surface area contributed by atoms with Gasteiger partial charge in [-0.1, -0.05) is 12.1 Å². The maximum absolute atomic E-state index is 11.4. The first-order valence-electron chi connectivity index (χ1n) is 7.84. The maximum atomic E-state index is 11.4. The normalized spacial score (nSPS) is 21.4. The summed E-state index contributed by atoms with van der Waals surface area (Å²) >= 11 is 0. The highest BCUT2D eigenvalue weighted by Gasteiger charge is 2.40. The maximum Gasteiger partial charge on any atom is 0.407 e. The van der Waals surface area contributed by atoms with E-state index in [-0.39, 0.29) is 18.1 Å². The molecule has 0 spiro atoms. The Labute approximate surface area is 136 Å². The van der Waals surface area contributed by atoms with Crippen molar-refractivity contribution in [2.75, 3.05) is 6.61 Å². The molecule has 128 valence electrons. The minimum Gasteiger partial charge on any atom is -0.450 e. The number of amides is 1. The van der Waals surface area contributed by atoms with Gasteiger partial charge in [0.25, 0.3) is 0 Å². The molecule has 0 aliphatic heterocycles. The molecule has 3 atom stereocenters. The topological polar surface area (TPSA) is 77.0 Å². The van der Waals surface area contributed by atoms with Crippen LogP contribution in [0, 0.1) is 0 Å². The third-order valence-electron chi connectivity index (χ3n) is 3.35. The molecule has 1 aromatic rings. The molecule has 2 rings (SSSR count). The van der Waals surface area contributed by atoms with Crippen LogP contribution in [0.4, 0.5) is 4.79 Å². The fraction of sp³-hybridized carbons (Fsp3) is 0.588. The van der Waals surface area contributed by atoms with E-state index >= 15 is 0 Å². The molecule has 0 heterocycles. The number of carbonyl (C=O) groups excluding carboxylic acids is 1. The minimum absolute atomic E-state index is 0.0834. The van der Waals surface area contributed by atoms with E-state index in [2.05, 4.69) is 5.32 Å². The van der Waals surface area contributed by atoms with Crippen molar-refractivity contribution in [1.82, 2.24) is 5.32 Å². The Morgan fingerprint density at radius 2 is 2.17 bits per heavy atom. The fourth-order valence-electron chi connectivity index (χ4n) is 2.31. The van der Waals surface area contributed by atoms with Gasteiger partial charge in [0.05, 0.1) is 12.2 Å². The molecule has 6 nitrogen and oxygen atoms in total. The molecule has 1 saturated carbocycles. The van der Waals surface area contributed by atoms with Gasteiger partial charge in [-0.2, -0.15) is 0 Å². The Morgan fingerprint density at radius 3 is 2.83 bits per heavy atom. The first-order chi connectivity index (χ1) is 10.8. The van der Waals surface area contributed by atoms with Crippen molar-refractivity contribution in [3.8, 4) is 5.75 Å². The van der Waals surface area contributed by atoms with Gasteiger partial charge in [-0.15, -0.1) is 0 Å². The number of nitrogens with one attached hydrogen (secondary N) is 1. The third-order valence-corrected chi connectivity index (χ3v) is 3.35. The number of hydrogen-bond donors (Lipinski definition) is 2. The SMILES string of the molecule is CCOC(=O)NC1CC1c1cccc(OC(O)OC(C)(C)C)c1. The quantitative estimate of drug-likeness (QED) is 0.787. The zero-order chi connectivity index (χ0) is 17.0. The second-order valence-corrected chi connectivity index (χ2v) is 6.54. The van der Waals surface area contributed by atoms with Gasteiger partial charge in [0.1, 0.15) is 5.75 Å². The highest BCUT2D eigenvalue weighted by atomic mass is 16.8. The van der Waals surface area contributed by atoms with Crippen molar-refractivity contribution < 1.29 is 24.1 Å². The summed E-state index contributed by atoms with van der Waals surface area (Å²) < 4.78 is 15.6. The van der Waals surface area contributed by atoms with Crippen LogP contribution in [0.5, 0.6) is 5.75 Å². The van der Waals surface area contributed by atoms with Gasteiger partial charge in [-0.25, -0.2) is 4.79 Å². The lowest BCUT2D eigenvalue weighted by Crippen LogP contribution is -2.31. The van der Waals surface area contributed by atoms with E-state index in [1.54, 1.807) is 13.0 Å². The molecule has 1 aromatic carbocycles. The Hall–Kier alpha value is -1.79. The standard InChI is InChI=1S/C17H25NO5/c1-5-21-15(19)18-14-10-13(14)11-7-6-8-12(9-11)22-16(20)23-17(2,3)4/h6-9,13-14,16,20H,5,10H2,1-4H3,(H,18,19). The molecule has 0 bridgehead atoms. The van der Waals surface area contributed by atoms with E-state index in [4.69, 9.17) is 14.2 Å². The highest BCUT2D eigenvalue weighted by Crippen LogP contribution is 2.41. The summed E-state index contributed by atoms with van der Waals surface area (Å²) in [5.41, 5.74) is 0.551. The number of rotatable bonds is 6. The van der Waals surface area contributed by atoms with Crippen LogP contribution in [0.2, 0.25) is 0 Å². The van der Waals surface area contributed by atoms with Gasteiger partial charge < -0.3 is 24.6 Å². The van der Waals surface area contributed by atoms with Gasteiger partial charge in [-0.05, 0) is 51.8 Å². The Bertz CT molecular complexity index is 540. The van der Waals surface area contributed by atoms with Crippen LogP contribution in [-0.2, 0) is 9.47 Å². The molecule has 6 heteroatoms. The summed E-state index contributed by atoms with van der Waals surface area (Å²) in [6, 6.07) is 7.53. The van der Waals surface area contributed by atoms with Crippen LogP contribution in [0.3, 0.4) is 0 Å². The van der Waals surface area contributed by atoms with Crippen molar-refractivity contribution in [2.24, 2.45) is 0 Å². The van der Waals surface area contributed by atoms with Crippen molar-refractivity contribution >= 4 is 6.09 Å². The van der Waals surface area contributed by atoms with E-state index in [1.807, 2.05) is 39.0 Å². The summed E-state index contributed by atoms with van der Waals surface area (Å²) in [7, 11) is 0. The average molecular weight is 323 g/mol. The number of alkyl carbamates (subject to hydrolysis) is 1. The van der Waals surface area contributed by atoms with Crippen LogP contribution < -0.4 is 10.1 Å². The zero-order valence-electron chi connectivity index (χ0n) is 14.0. The Balaban J connectivity index is 1.90. The number of aliphatic hydroxyl groups excluding tert-OH is 1. The summed E-state index contributed by atoms with van der Waals surface area (Å²) in [6.07, 6.45) is 0.477. The Kier molecular flexibility index (Phi) is 5.49. The Morgan fingerprint density at radius 1 is 1.43 bits per heavy atom.